The quantitative estimate of drug-likeness (QED) is 0.476. The van der Waals surface area contributed by atoms with Crippen molar-refractivity contribution in [1.82, 2.24) is 0 Å². The molecule has 123 valence electrons. The van der Waals surface area contributed by atoms with Crippen LogP contribution in [0, 0.1) is 35.2 Å². The second kappa shape index (κ2) is 7.20. The minimum Gasteiger partial charge on any atom is -0.103 e. The molecule has 1 fully saturated rings. The van der Waals surface area contributed by atoms with Crippen LogP contribution < -0.4 is 0 Å². The standard InChI is InChI=1S/C22H35/c1-7-8-9-20-17(4)11-13-19-14-12-18(5)21(22(19,20)6)15-10-16(2)3/h7,18-21H,1-2,8-10,12-15H2,3-6H3/t18-,19-,20-,21+,22-/m0/s1. The number of hydrogen-bond acceptors (Lipinski definition) is 0. The Morgan fingerprint density at radius 2 is 2.09 bits per heavy atom. The Morgan fingerprint density at radius 1 is 1.36 bits per heavy atom. The highest BCUT2D eigenvalue weighted by atomic mass is 14.6. The van der Waals surface area contributed by atoms with Crippen molar-refractivity contribution in [3.05, 3.63) is 36.5 Å². The molecule has 0 aromatic carbocycles. The molecule has 2 aliphatic rings. The summed E-state index contributed by atoms with van der Waals surface area (Å²) in [4.78, 5) is 0. The van der Waals surface area contributed by atoms with Crippen molar-refractivity contribution in [1.29, 1.82) is 0 Å². The zero-order valence-corrected chi connectivity index (χ0v) is 15.3. The molecule has 1 radical (unpaired) electrons. The van der Waals surface area contributed by atoms with Crippen LogP contribution >= 0.6 is 0 Å². The molecule has 0 spiro atoms. The van der Waals surface area contributed by atoms with E-state index in [1.165, 1.54) is 49.7 Å². The Labute approximate surface area is 138 Å². The molecule has 0 unspecified atom stereocenters. The van der Waals surface area contributed by atoms with Gasteiger partial charge in [-0.2, -0.15) is 0 Å². The predicted octanol–water partition coefficient (Wildman–Crippen LogP) is 6.75. The van der Waals surface area contributed by atoms with Crippen molar-refractivity contribution >= 4 is 0 Å². The maximum absolute atomic E-state index is 4.14. The maximum Gasteiger partial charge on any atom is -0.0138 e. The molecule has 0 bridgehead atoms. The van der Waals surface area contributed by atoms with E-state index in [4.69, 9.17) is 0 Å². The molecule has 0 aromatic rings. The lowest BCUT2D eigenvalue weighted by Crippen LogP contribution is -2.49. The number of allylic oxidation sites excluding steroid dienone is 4. The second-order valence-corrected chi connectivity index (χ2v) is 8.20. The van der Waals surface area contributed by atoms with Crippen molar-refractivity contribution < 1.29 is 0 Å². The summed E-state index contributed by atoms with van der Waals surface area (Å²) < 4.78 is 0. The summed E-state index contributed by atoms with van der Waals surface area (Å²) >= 11 is 0. The van der Waals surface area contributed by atoms with E-state index in [2.05, 4.69) is 53.0 Å². The SMILES string of the molecule is C=CCC[C@H]1C(C)=[C]C[C@H]2CC[C@H](C)[C@@H](CCC(=C)C)[C@@]21C. The van der Waals surface area contributed by atoms with E-state index < -0.39 is 0 Å². The molecule has 0 aliphatic heterocycles. The second-order valence-electron chi connectivity index (χ2n) is 8.20. The summed E-state index contributed by atoms with van der Waals surface area (Å²) in [6, 6.07) is 0. The van der Waals surface area contributed by atoms with Gasteiger partial charge in [0.15, 0.2) is 0 Å². The fourth-order valence-corrected chi connectivity index (χ4v) is 5.44. The first-order valence-electron chi connectivity index (χ1n) is 9.23. The third kappa shape index (κ3) is 3.26. The molecular weight excluding hydrogens is 264 g/mol. The van der Waals surface area contributed by atoms with Crippen LogP contribution in [0.1, 0.15) is 72.6 Å². The fourth-order valence-electron chi connectivity index (χ4n) is 5.44. The third-order valence-electron chi connectivity index (χ3n) is 6.78. The average molecular weight is 300 g/mol. The lowest BCUT2D eigenvalue weighted by Gasteiger charge is -2.57. The predicted molar refractivity (Wildman–Crippen MR) is 97.5 cm³/mol. The first-order valence-corrected chi connectivity index (χ1v) is 9.23. The number of hydrogen-bond donors (Lipinski definition) is 0. The molecule has 0 nitrogen and oxygen atoms in total. The highest BCUT2D eigenvalue weighted by Gasteiger charge is 2.52. The molecule has 1 saturated carbocycles. The summed E-state index contributed by atoms with van der Waals surface area (Å²) in [5, 5.41) is 0. The van der Waals surface area contributed by atoms with Gasteiger partial charge in [-0.3, -0.25) is 0 Å². The van der Waals surface area contributed by atoms with Crippen LogP contribution in [0.3, 0.4) is 0 Å². The monoisotopic (exact) mass is 299 g/mol. The molecule has 0 amide bonds. The van der Waals surface area contributed by atoms with Crippen molar-refractivity contribution in [3.63, 3.8) is 0 Å². The molecular formula is C22H35. The van der Waals surface area contributed by atoms with Crippen molar-refractivity contribution in [2.45, 2.75) is 72.6 Å². The average Bonchev–Trinajstić information content (AvgIpc) is 2.45. The van der Waals surface area contributed by atoms with Gasteiger partial charge >= 0.3 is 0 Å². The van der Waals surface area contributed by atoms with Gasteiger partial charge < -0.3 is 0 Å². The van der Waals surface area contributed by atoms with E-state index in [1.807, 2.05) is 0 Å². The van der Waals surface area contributed by atoms with Gasteiger partial charge in [-0.25, -0.2) is 0 Å². The van der Waals surface area contributed by atoms with Gasteiger partial charge in [0.1, 0.15) is 0 Å². The van der Waals surface area contributed by atoms with Crippen LogP contribution in [0.4, 0.5) is 0 Å². The Balaban J connectivity index is 2.31. The van der Waals surface area contributed by atoms with Gasteiger partial charge in [0.25, 0.3) is 0 Å². The summed E-state index contributed by atoms with van der Waals surface area (Å²) in [6.07, 6.45) is 14.7. The molecule has 0 N–H and O–H groups in total. The summed E-state index contributed by atoms with van der Waals surface area (Å²) in [5.74, 6) is 3.20. The van der Waals surface area contributed by atoms with Crippen LogP contribution in [-0.4, -0.2) is 0 Å². The zero-order valence-electron chi connectivity index (χ0n) is 15.3. The Morgan fingerprint density at radius 3 is 2.73 bits per heavy atom. The van der Waals surface area contributed by atoms with E-state index in [-0.39, 0.29) is 0 Å². The number of fused-ring (bicyclic) bond motifs is 1. The maximum atomic E-state index is 4.14. The summed E-state index contributed by atoms with van der Waals surface area (Å²) in [6.45, 7) is 17.7. The van der Waals surface area contributed by atoms with E-state index >= 15 is 0 Å². The van der Waals surface area contributed by atoms with Crippen molar-refractivity contribution in [2.75, 3.05) is 0 Å². The van der Waals surface area contributed by atoms with Gasteiger partial charge in [0.05, 0.1) is 0 Å². The topological polar surface area (TPSA) is 0 Å². The molecule has 22 heavy (non-hydrogen) atoms. The lowest BCUT2D eigenvalue weighted by molar-refractivity contribution is -0.0499. The van der Waals surface area contributed by atoms with Crippen LogP contribution in [0.15, 0.2) is 30.4 Å². The minimum atomic E-state index is 0.450. The van der Waals surface area contributed by atoms with Gasteiger partial charge in [-0.1, -0.05) is 37.5 Å². The first kappa shape index (κ1) is 17.6. The van der Waals surface area contributed by atoms with Crippen LogP contribution in [-0.2, 0) is 0 Å². The molecule has 0 heterocycles. The third-order valence-corrected chi connectivity index (χ3v) is 6.78. The van der Waals surface area contributed by atoms with Crippen LogP contribution in [0.25, 0.3) is 0 Å². The molecule has 2 rings (SSSR count). The molecule has 0 aromatic heterocycles. The van der Waals surface area contributed by atoms with Gasteiger partial charge in [0, 0.05) is 0 Å². The van der Waals surface area contributed by atoms with Gasteiger partial charge in [-0.15, -0.1) is 13.2 Å². The molecule has 5 atom stereocenters. The van der Waals surface area contributed by atoms with Gasteiger partial charge in [0.2, 0.25) is 0 Å². The van der Waals surface area contributed by atoms with E-state index in [9.17, 15) is 0 Å². The molecule has 0 heteroatoms. The van der Waals surface area contributed by atoms with Crippen molar-refractivity contribution in [3.8, 4) is 0 Å². The highest BCUT2D eigenvalue weighted by molar-refractivity contribution is 5.15. The zero-order chi connectivity index (χ0) is 16.3. The fraction of sp³-hybridized carbons (Fsp3) is 0.727. The molecule has 0 saturated heterocycles. The lowest BCUT2D eigenvalue weighted by atomic mass is 9.47. The Kier molecular flexibility index (Phi) is 5.75. The van der Waals surface area contributed by atoms with E-state index in [0.29, 0.717) is 11.3 Å². The van der Waals surface area contributed by atoms with Gasteiger partial charge in [-0.05, 0) is 87.5 Å². The minimum absolute atomic E-state index is 0.450. The number of rotatable bonds is 6. The molecule has 2 aliphatic carbocycles. The summed E-state index contributed by atoms with van der Waals surface area (Å²) in [7, 11) is 0. The largest absolute Gasteiger partial charge is 0.103 e. The van der Waals surface area contributed by atoms with Crippen LogP contribution in [0.5, 0.6) is 0 Å². The Hall–Kier alpha value is -0.780. The normalized spacial score (nSPS) is 38.1. The first-order chi connectivity index (χ1) is 10.4. The van der Waals surface area contributed by atoms with Crippen molar-refractivity contribution in [2.24, 2.45) is 29.1 Å². The van der Waals surface area contributed by atoms with E-state index in [0.717, 1.165) is 24.2 Å². The van der Waals surface area contributed by atoms with Crippen LogP contribution in [0.2, 0.25) is 0 Å². The van der Waals surface area contributed by atoms with E-state index in [1.54, 1.807) is 0 Å². The Bertz CT molecular complexity index is 441. The summed E-state index contributed by atoms with van der Waals surface area (Å²) in [5.41, 5.74) is 3.32. The smallest absolute Gasteiger partial charge is 0.0138 e. The highest BCUT2D eigenvalue weighted by Crippen LogP contribution is 2.60.